The topological polar surface area (TPSA) is 42.4 Å². The average Bonchev–Trinajstić information content (AvgIpc) is 3.10. The largest absolute Gasteiger partial charge is 0.458 e. The summed E-state index contributed by atoms with van der Waals surface area (Å²) >= 11 is 1.70. The minimum absolute atomic E-state index is 0.0152. The van der Waals surface area contributed by atoms with Gasteiger partial charge in [0.2, 0.25) is 0 Å². The predicted octanol–water partition coefficient (Wildman–Crippen LogP) is 3.22. The van der Waals surface area contributed by atoms with E-state index in [9.17, 15) is 4.79 Å². The number of rotatable bonds is 3. The molecule has 1 aliphatic carbocycles. The zero-order valence-electron chi connectivity index (χ0n) is 11.8. The lowest BCUT2D eigenvalue weighted by Crippen LogP contribution is -2.53. The van der Waals surface area contributed by atoms with Gasteiger partial charge >= 0.3 is 5.97 Å². The summed E-state index contributed by atoms with van der Waals surface area (Å²) in [6, 6.07) is 8.17. The smallest absolute Gasteiger partial charge is 0.309 e. The molecular weight excluding hydrogens is 284 g/mol. The Labute approximate surface area is 127 Å². The maximum Gasteiger partial charge on any atom is 0.309 e. The van der Waals surface area contributed by atoms with Gasteiger partial charge in [-0.3, -0.25) is 4.79 Å². The van der Waals surface area contributed by atoms with Crippen LogP contribution in [0.25, 0.3) is 10.2 Å². The van der Waals surface area contributed by atoms with Crippen molar-refractivity contribution in [3.05, 3.63) is 24.3 Å². The Morgan fingerprint density at radius 2 is 2.00 bits per heavy atom. The average molecular weight is 302 g/mol. The summed E-state index contributed by atoms with van der Waals surface area (Å²) in [6.45, 7) is 1.55. The number of para-hydroxylation sites is 1. The van der Waals surface area contributed by atoms with Crippen LogP contribution in [0, 0.1) is 5.92 Å². The molecule has 2 fully saturated rings. The normalized spacial score (nSPS) is 19.9. The van der Waals surface area contributed by atoms with Gasteiger partial charge in [-0.15, -0.1) is 0 Å². The number of fused-ring (bicyclic) bond motifs is 1. The van der Waals surface area contributed by atoms with Gasteiger partial charge in [-0.25, -0.2) is 4.98 Å². The van der Waals surface area contributed by atoms with Crippen molar-refractivity contribution in [3.63, 3.8) is 0 Å². The van der Waals surface area contributed by atoms with Crippen LogP contribution >= 0.6 is 11.3 Å². The van der Waals surface area contributed by atoms with Gasteiger partial charge < -0.3 is 9.64 Å². The second-order valence-corrected chi connectivity index (χ2v) is 6.92. The highest BCUT2D eigenvalue weighted by Gasteiger charge is 2.34. The lowest BCUT2D eigenvalue weighted by atomic mass is 10.1. The zero-order valence-corrected chi connectivity index (χ0v) is 12.6. The molecule has 2 aliphatic rings. The number of hydrogen-bond donors (Lipinski definition) is 0. The van der Waals surface area contributed by atoms with Crippen LogP contribution < -0.4 is 4.90 Å². The SMILES string of the molecule is O=C(OC1CN(c2nc3ccccc3s2)C1)C1CCCC1. The summed E-state index contributed by atoms with van der Waals surface area (Å²) in [4.78, 5) is 18.8. The molecule has 4 rings (SSSR count). The highest BCUT2D eigenvalue weighted by atomic mass is 32.1. The molecule has 0 bridgehead atoms. The van der Waals surface area contributed by atoms with Gasteiger partial charge in [0.1, 0.15) is 6.10 Å². The maximum absolute atomic E-state index is 12.0. The molecule has 21 heavy (non-hydrogen) atoms. The van der Waals surface area contributed by atoms with E-state index in [2.05, 4.69) is 16.0 Å². The van der Waals surface area contributed by atoms with E-state index >= 15 is 0 Å². The minimum Gasteiger partial charge on any atom is -0.458 e. The van der Waals surface area contributed by atoms with Crippen molar-refractivity contribution in [2.45, 2.75) is 31.8 Å². The van der Waals surface area contributed by atoms with Gasteiger partial charge in [0.05, 0.1) is 29.2 Å². The first-order valence-corrected chi connectivity index (χ1v) is 8.42. The predicted molar refractivity (Wildman–Crippen MR) is 83.7 cm³/mol. The number of hydrogen-bond acceptors (Lipinski definition) is 5. The molecule has 0 radical (unpaired) electrons. The Morgan fingerprint density at radius 3 is 2.76 bits per heavy atom. The van der Waals surface area contributed by atoms with Gasteiger partial charge in [0.25, 0.3) is 0 Å². The van der Waals surface area contributed by atoms with Crippen molar-refractivity contribution in [2.24, 2.45) is 5.92 Å². The van der Waals surface area contributed by atoms with Crippen LogP contribution in [0.2, 0.25) is 0 Å². The van der Waals surface area contributed by atoms with E-state index in [-0.39, 0.29) is 18.0 Å². The van der Waals surface area contributed by atoms with Gasteiger partial charge in [0, 0.05) is 0 Å². The van der Waals surface area contributed by atoms with Crippen molar-refractivity contribution in [1.82, 2.24) is 4.98 Å². The molecule has 0 N–H and O–H groups in total. The van der Waals surface area contributed by atoms with Gasteiger partial charge in [-0.2, -0.15) is 0 Å². The molecule has 0 unspecified atom stereocenters. The molecule has 5 heteroatoms. The number of ether oxygens (including phenoxy) is 1. The minimum atomic E-state index is 0.0152. The summed E-state index contributed by atoms with van der Waals surface area (Å²) in [5.74, 6) is 0.169. The number of aromatic nitrogens is 1. The van der Waals surface area contributed by atoms with Crippen molar-refractivity contribution in [2.75, 3.05) is 18.0 Å². The first-order chi connectivity index (χ1) is 10.3. The molecule has 1 saturated carbocycles. The summed E-state index contributed by atoms with van der Waals surface area (Å²) in [7, 11) is 0. The molecular formula is C16H18N2O2S. The maximum atomic E-state index is 12.0. The Bertz CT molecular complexity index is 624. The van der Waals surface area contributed by atoms with Gasteiger partial charge in [-0.05, 0) is 25.0 Å². The van der Waals surface area contributed by atoms with E-state index in [0.717, 1.165) is 36.6 Å². The first-order valence-electron chi connectivity index (χ1n) is 7.60. The van der Waals surface area contributed by atoms with E-state index in [1.807, 2.05) is 18.2 Å². The van der Waals surface area contributed by atoms with Crippen molar-refractivity contribution in [3.8, 4) is 0 Å². The summed E-state index contributed by atoms with van der Waals surface area (Å²) in [6.07, 6.45) is 4.40. The second kappa shape index (κ2) is 5.30. The number of thiazole rings is 1. The Hall–Kier alpha value is -1.62. The molecule has 2 heterocycles. The standard InChI is InChI=1S/C16H18N2O2S/c19-15(11-5-1-2-6-11)20-12-9-18(10-12)16-17-13-7-3-4-8-14(13)21-16/h3-4,7-8,11-12H,1-2,5-6,9-10H2. The molecule has 2 aromatic rings. The number of benzene rings is 1. The Morgan fingerprint density at radius 1 is 1.24 bits per heavy atom. The van der Waals surface area contributed by atoms with Crippen LogP contribution in [0.4, 0.5) is 5.13 Å². The van der Waals surface area contributed by atoms with Crippen LogP contribution in [0.15, 0.2) is 24.3 Å². The van der Waals surface area contributed by atoms with Crippen LogP contribution in [-0.2, 0) is 9.53 Å². The highest BCUT2D eigenvalue weighted by molar-refractivity contribution is 7.22. The molecule has 110 valence electrons. The first kappa shape index (κ1) is 13.1. The fraction of sp³-hybridized carbons (Fsp3) is 0.500. The van der Waals surface area contributed by atoms with Crippen molar-refractivity contribution in [1.29, 1.82) is 0 Å². The third-order valence-electron chi connectivity index (χ3n) is 4.37. The molecule has 0 spiro atoms. The number of esters is 1. The van der Waals surface area contributed by atoms with E-state index in [4.69, 9.17) is 4.74 Å². The monoisotopic (exact) mass is 302 g/mol. The van der Waals surface area contributed by atoms with Crippen molar-refractivity contribution >= 4 is 32.7 Å². The second-order valence-electron chi connectivity index (χ2n) is 5.91. The lowest BCUT2D eigenvalue weighted by Gasteiger charge is -2.38. The molecule has 0 atom stereocenters. The van der Waals surface area contributed by atoms with Gasteiger partial charge in [0.15, 0.2) is 5.13 Å². The summed E-state index contributed by atoms with van der Waals surface area (Å²) < 4.78 is 6.80. The number of nitrogens with zero attached hydrogens (tertiary/aromatic N) is 2. The van der Waals surface area contributed by atoms with Crippen LogP contribution in [0.3, 0.4) is 0 Å². The molecule has 1 aromatic carbocycles. The third-order valence-corrected chi connectivity index (χ3v) is 5.47. The quantitative estimate of drug-likeness (QED) is 0.817. The third kappa shape index (κ3) is 2.50. The molecule has 1 saturated heterocycles. The number of carbonyl (C=O) groups is 1. The molecule has 1 aromatic heterocycles. The molecule has 1 aliphatic heterocycles. The number of carbonyl (C=O) groups excluding carboxylic acids is 1. The van der Waals surface area contributed by atoms with E-state index in [0.29, 0.717) is 0 Å². The number of anilines is 1. The van der Waals surface area contributed by atoms with E-state index in [1.54, 1.807) is 11.3 Å². The summed E-state index contributed by atoms with van der Waals surface area (Å²) in [5.41, 5.74) is 1.05. The van der Waals surface area contributed by atoms with Crippen LogP contribution in [-0.4, -0.2) is 30.1 Å². The van der Waals surface area contributed by atoms with E-state index < -0.39 is 0 Å². The van der Waals surface area contributed by atoms with Gasteiger partial charge in [-0.1, -0.05) is 36.3 Å². The lowest BCUT2D eigenvalue weighted by molar-refractivity contribution is -0.155. The fourth-order valence-electron chi connectivity index (χ4n) is 3.09. The van der Waals surface area contributed by atoms with Crippen LogP contribution in [0.1, 0.15) is 25.7 Å². The molecule has 4 nitrogen and oxygen atoms in total. The Balaban J connectivity index is 1.35. The van der Waals surface area contributed by atoms with E-state index in [1.165, 1.54) is 17.5 Å². The van der Waals surface area contributed by atoms with Crippen molar-refractivity contribution < 1.29 is 9.53 Å². The highest BCUT2D eigenvalue weighted by Crippen LogP contribution is 2.32. The Kier molecular flexibility index (Phi) is 3.30. The fourth-order valence-corrected chi connectivity index (χ4v) is 4.07. The van der Waals surface area contributed by atoms with Crippen LogP contribution in [0.5, 0.6) is 0 Å². The zero-order chi connectivity index (χ0) is 14.2. The summed E-state index contributed by atoms with van der Waals surface area (Å²) in [5, 5.41) is 1.03. The molecule has 0 amide bonds.